The van der Waals surface area contributed by atoms with E-state index < -0.39 is 12.0 Å². The number of rotatable bonds is 5. The molecule has 0 aliphatic heterocycles. The quantitative estimate of drug-likeness (QED) is 0.836. The molecule has 0 saturated carbocycles. The van der Waals surface area contributed by atoms with Crippen LogP contribution in [0.4, 0.5) is 4.39 Å². The molecular weight excluding hydrogens is 235 g/mol. The van der Waals surface area contributed by atoms with Crippen molar-refractivity contribution in [3.05, 3.63) is 35.1 Å². The first-order valence-corrected chi connectivity index (χ1v) is 5.72. The largest absolute Gasteiger partial charge is 0.481 e. The molecule has 0 radical (unpaired) electrons. The fraction of sp³-hybridized carbons (Fsp3) is 0.462. The summed E-state index contributed by atoms with van der Waals surface area (Å²) in [5.74, 6) is -1.21. The van der Waals surface area contributed by atoms with Crippen LogP contribution in [0.1, 0.15) is 23.6 Å². The molecule has 0 spiro atoms. The van der Waals surface area contributed by atoms with Crippen molar-refractivity contribution in [1.82, 2.24) is 4.90 Å². The number of halogens is 1. The highest BCUT2D eigenvalue weighted by molar-refractivity contribution is 5.67. The van der Waals surface area contributed by atoms with Crippen LogP contribution in [-0.4, -0.2) is 36.1 Å². The molecule has 0 bridgehead atoms. The van der Waals surface area contributed by atoms with Gasteiger partial charge in [-0.2, -0.15) is 0 Å². The predicted molar refractivity (Wildman–Crippen MR) is 67.8 cm³/mol. The van der Waals surface area contributed by atoms with E-state index in [1.165, 1.54) is 6.07 Å². The number of carboxylic acids is 1. The SMILES string of the molecule is Cc1cc(C(C(N)CC(=O)O)N(C)C)ccc1F. The first-order valence-electron chi connectivity index (χ1n) is 5.72. The second-order valence-corrected chi connectivity index (χ2v) is 4.68. The minimum Gasteiger partial charge on any atom is -0.481 e. The number of carbonyl (C=O) groups is 1. The number of aryl methyl sites for hydroxylation is 1. The van der Waals surface area contributed by atoms with Gasteiger partial charge in [0.25, 0.3) is 0 Å². The number of nitrogens with two attached hydrogens (primary N) is 1. The van der Waals surface area contributed by atoms with Crippen LogP contribution in [0, 0.1) is 12.7 Å². The van der Waals surface area contributed by atoms with E-state index >= 15 is 0 Å². The Balaban J connectivity index is 3.04. The summed E-state index contributed by atoms with van der Waals surface area (Å²) in [7, 11) is 3.65. The third-order valence-electron chi connectivity index (χ3n) is 2.90. The van der Waals surface area contributed by atoms with Crippen LogP contribution in [0.2, 0.25) is 0 Å². The zero-order valence-corrected chi connectivity index (χ0v) is 10.9. The van der Waals surface area contributed by atoms with Crippen molar-refractivity contribution in [3.63, 3.8) is 0 Å². The molecule has 1 aromatic rings. The summed E-state index contributed by atoms with van der Waals surface area (Å²) in [5.41, 5.74) is 7.28. The summed E-state index contributed by atoms with van der Waals surface area (Å²) in [6, 6.07) is 3.95. The Hall–Kier alpha value is -1.46. The summed E-state index contributed by atoms with van der Waals surface area (Å²) < 4.78 is 13.2. The maximum atomic E-state index is 13.2. The van der Waals surface area contributed by atoms with Crippen LogP contribution in [-0.2, 0) is 4.79 Å². The van der Waals surface area contributed by atoms with E-state index in [0.717, 1.165) is 5.56 Å². The van der Waals surface area contributed by atoms with Crippen LogP contribution in [0.5, 0.6) is 0 Å². The second-order valence-electron chi connectivity index (χ2n) is 4.68. The Bertz CT molecular complexity index is 435. The Kier molecular flexibility index (Phi) is 4.81. The van der Waals surface area contributed by atoms with Gasteiger partial charge in [0, 0.05) is 12.1 Å². The molecule has 0 amide bonds. The van der Waals surface area contributed by atoms with Crippen molar-refractivity contribution in [2.75, 3.05) is 14.1 Å². The lowest BCUT2D eigenvalue weighted by Gasteiger charge is -2.29. The highest BCUT2D eigenvalue weighted by Crippen LogP contribution is 2.24. The van der Waals surface area contributed by atoms with E-state index in [-0.39, 0.29) is 18.3 Å². The van der Waals surface area contributed by atoms with Gasteiger partial charge in [-0.05, 0) is 38.2 Å². The van der Waals surface area contributed by atoms with Crippen molar-refractivity contribution < 1.29 is 14.3 Å². The third-order valence-corrected chi connectivity index (χ3v) is 2.90. The van der Waals surface area contributed by atoms with Crippen molar-refractivity contribution in [2.45, 2.75) is 25.4 Å². The summed E-state index contributed by atoms with van der Waals surface area (Å²) in [5, 5.41) is 8.80. The molecule has 4 nitrogen and oxygen atoms in total. The molecule has 100 valence electrons. The van der Waals surface area contributed by atoms with E-state index in [9.17, 15) is 9.18 Å². The van der Waals surface area contributed by atoms with Gasteiger partial charge in [-0.3, -0.25) is 4.79 Å². The normalized spacial score (nSPS) is 14.6. The van der Waals surface area contributed by atoms with Gasteiger partial charge in [-0.25, -0.2) is 4.39 Å². The average molecular weight is 254 g/mol. The standard InChI is InChI=1S/C13H19FN2O2/c1-8-6-9(4-5-10(8)14)13(16(2)3)11(15)7-12(17)18/h4-6,11,13H,7,15H2,1-3H3,(H,17,18). The summed E-state index contributed by atoms with van der Waals surface area (Å²) in [6.07, 6.45) is -0.126. The van der Waals surface area contributed by atoms with Gasteiger partial charge in [-0.1, -0.05) is 12.1 Å². The van der Waals surface area contributed by atoms with E-state index in [0.29, 0.717) is 5.56 Å². The molecule has 0 saturated heterocycles. The van der Waals surface area contributed by atoms with E-state index in [2.05, 4.69) is 0 Å². The van der Waals surface area contributed by atoms with E-state index in [1.807, 2.05) is 19.0 Å². The topological polar surface area (TPSA) is 66.6 Å². The monoisotopic (exact) mass is 254 g/mol. The number of hydrogen-bond donors (Lipinski definition) is 2. The van der Waals surface area contributed by atoms with Gasteiger partial charge < -0.3 is 15.7 Å². The molecule has 0 fully saturated rings. The molecule has 0 heterocycles. The minimum absolute atomic E-state index is 0.126. The van der Waals surface area contributed by atoms with Crippen molar-refractivity contribution in [1.29, 1.82) is 0 Å². The molecule has 18 heavy (non-hydrogen) atoms. The highest BCUT2D eigenvalue weighted by Gasteiger charge is 2.24. The maximum Gasteiger partial charge on any atom is 0.304 e. The van der Waals surface area contributed by atoms with Crippen LogP contribution < -0.4 is 5.73 Å². The van der Waals surface area contributed by atoms with Gasteiger partial charge in [0.05, 0.1) is 6.42 Å². The fourth-order valence-electron chi connectivity index (χ4n) is 2.09. The lowest BCUT2D eigenvalue weighted by Crippen LogP contribution is -2.38. The number of likely N-dealkylation sites (N-methyl/N-ethyl adjacent to an activating group) is 1. The van der Waals surface area contributed by atoms with Gasteiger partial charge in [0.15, 0.2) is 0 Å². The Morgan fingerprint density at radius 1 is 1.50 bits per heavy atom. The van der Waals surface area contributed by atoms with E-state index in [1.54, 1.807) is 19.1 Å². The Labute approximate surface area is 106 Å². The van der Waals surface area contributed by atoms with Gasteiger partial charge in [0.2, 0.25) is 0 Å². The summed E-state index contributed by atoms with van der Waals surface area (Å²) in [4.78, 5) is 12.6. The number of hydrogen-bond acceptors (Lipinski definition) is 3. The number of nitrogens with zero attached hydrogens (tertiary/aromatic N) is 1. The van der Waals surface area contributed by atoms with Crippen LogP contribution in [0.3, 0.4) is 0 Å². The molecule has 1 aromatic carbocycles. The molecule has 5 heteroatoms. The van der Waals surface area contributed by atoms with Gasteiger partial charge in [0.1, 0.15) is 5.82 Å². The molecule has 1 rings (SSSR count). The lowest BCUT2D eigenvalue weighted by atomic mass is 9.95. The summed E-state index contributed by atoms with van der Waals surface area (Å²) >= 11 is 0. The van der Waals surface area contributed by atoms with Crippen molar-refractivity contribution in [3.8, 4) is 0 Å². The molecular formula is C13H19FN2O2. The molecule has 2 atom stereocenters. The lowest BCUT2D eigenvalue weighted by molar-refractivity contribution is -0.137. The third kappa shape index (κ3) is 3.51. The Morgan fingerprint density at radius 2 is 2.11 bits per heavy atom. The smallest absolute Gasteiger partial charge is 0.304 e. The second kappa shape index (κ2) is 5.93. The Morgan fingerprint density at radius 3 is 2.56 bits per heavy atom. The van der Waals surface area contributed by atoms with Crippen molar-refractivity contribution in [2.24, 2.45) is 5.73 Å². The molecule has 3 N–H and O–H groups in total. The molecule has 2 unspecified atom stereocenters. The number of carboxylic acid groups (broad SMARTS) is 1. The molecule has 0 aromatic heterocycles. The zero-order chi connectivity index (χ0) is 13.9. The first-order chi connectivity index (χ1) is 8.32. The predicted octanol–water partition coefficient (Wildman–Crippen LogP) is 1.54. The van der Waals surface area contributed by atoms with Crippen molar-refractivity contribution >= 4 is 5.97 Å². The number of aliphatic carboxylic acids is 1. The fourth-order valence-corrected chi connectivity index (χ4v) is 2.09. The number of benzene rings is 1. The molecule has 0 aliphatic carbocycles. The van der Waals surface area contributed by atoms with Gasteiger partial charge in [-0.15, -0.1) is 0 Å². The first kappa shape index (κ1) is 14.6. The zero-order valence-electron chi connectivity index (χ0n) is 10.9. The highest BCUT2D eigenvalue weighted by atomic mass is 19.1. The van der Waals surface area contributed by atoms with Crippen LogP contribution >= 0.6 is 0 Å². The summed E-state index contributed by atoms with van der Waals surface area (Å²) in [6.45, 7) is 1.67. The van der Waals surface area contributed by atoms with E-state index in [4.69, 9.17) is 10.8 Å². The average Bonchev–Trinajstić information content (AvgIpc) is 2.21. The maximum absolute atomic E-state index is 13.2. The minimum atomic E-state index is -0.937. The van der Waals surface area contributed by atoms with Gasteiger partial charge >= 0.3 is 5.97 Å². The molecule has 0 aliphatic rings. The van der Waals surface area contributed by atoms with Crippen LogP contribution in [0.25, 0.3) is 0 Å². The van der Waals surface area contributed by atoms with Crippen LogP contribution in [0.15, 0.2) is 18.2 Å².